The number of ether oxygens (including phenoxy) is 2. The predicted molar refractivity (Wildman–Crippen MR) is 142 cm³/mol. The Bertz CT molecular complexity index is 741. The Morgan fingerprint density at radius 1 is 0.794 bits per heavy atom. The van der Waals surface area contributed by atoms with Crippen LogP contribution in [0.1, 0.15) is 136 Å². The summed E-state index contributed by atoms with van der Waals surface area (Å²) in [4.78, 5) is 14.5. The fourth-order valence-electron chi connectivity index (χ4n) is 6.49. The lowest BCUT2D eigenvalue weighted by Crippen LogP contribution is -2.22. The Morgan fingerprint density at radius 2 is 1.35 bits per heavy atom. The highest BCUT2D eigenvalue weighted by atomic mass is 32.1. The maximum absolute atomic E-state index is 11.3. The minimum atomic E-state index is 0.292. The molecule has 0 aliphatic heterocycles. The molecule has 0 spiro atoms. The molecule has 0 radical (unpaired) electrons. The third-order valence-electron chi connectivity index (χ3n) is 8.88. The molecule has 3 aliphatic rings. The molecule has 34 heavy (non-hydrogen) atoms. The molecule has 1 aromatic rings. The molecule has 0 atom stereocenters. The molecule has 3 nitrogen and oxygen atoms in total. The predicted octanol–water partition coefficient (Wildman–Crippen LogP) is 8.41. The van der Waals surface area contributed by atoms with Gasteiger partial charge in [-0.15, -0.1) is 0 Å². The van der Waals surface area contributed by atoms with Gasteiger partial charge in [-0.05, 0) is 95.0 Å². The summed E-state index contributed by atoms with van der Waals surface area (Å²) in [5.41, 5.74) is 1.60. The molecule has 1 aromatic heterocycles. The lowest BCUT2D eigenvalue weighted by molar-refractivity contribution is -0.111. The number of carbonyl (C=O) groups excluding carboxylic acids is 1. The van der Waals surface area contributed by atoms with E-state index in [0.717, 1.165) is 19.4 Å². The van der Waals surface area contributed by atoms with E-state index >= 15 is 0 Å². The van der Waals surface area contributed by atoms with Crippen molar-refractivity contribution in [2.75, 3.05) is 13.7 Å². The van der Waals surface area contributed by atoms with Crippen molar-refractivity contribution in [3.8, 4) is 0 Å². The van der Waals surface area contributed by atoms with Gasteiger partial charge in [-0.25, -0.2) is 0 Å². The van der Waals surface area contributed by atoms with E-state index in [1.165, 1.54) is 89.8 Å². The lowest BCUT2D eigenvalue weighted by Gasteiger charge is -2.30. The van der Waals surface area contributed by atoms with Gasteiger partial charge in [0, 0.05) is 43.6 Å². The summed E-state index contributed by atoms with van der Waals surface area (Å²) in [5.74, 6) is 2.32. The topological polar surface area (TPSA) is 35.5 Å². The maximum atomic E-state index is 11.3. The van der Waals surface area contributed by atoms with Crippen molar-refractivity contribution in [1.82, 2.24) is 0 Å². The van der Waals surface area contributed by atoms with Crippen molar-refractivity contribution in [2.45, 2.75) is 133 Å². The average molecular weight is 488 g/mol. The van der Waals surface area contributed by atoms with Crippen molar-refractivity contribution in [3.63, 3.8) is 0 Å². The fourth-order valence-corrected chi connectivity index (χ4v) is 7.96. The van der Waals surface area contributed by atoms with Gasteiger partial charge >= 0.3 is 0 Å². The van der Waals surface area contributed by atoms with E-state index in [4.69, 9.17) is 9.47 Å². The van der Waals surface area contributed by atoms with Crippen LogP contribution >= 0.6 is 11.3 Å². The van der Waals surface area contributed by atoms with Gasteiger partial charge in [0.25, 0.3) is 0 Å². The van der Waals surface area contributed by atoms with E-state index in [9.17, 15) is 4.79 Å². The number of rotatable bonds is 10. The second kappa shape index (κ2) is 13.5. The maximum Gasteiger partial charge on any atom is 0.219 e. The van der Waals surface area contributed by atoms with E-state index in [0.29, 0.717) is 35.9 Å². The molecular formula is C30H47O3S+. The van der Waals surface area contributed by atoms with Crippen LogP contribution in [-0.2, 0) is 14.3 Å². The molecule has 0 saturated heterocycles. The second-order valence-corrected chi connectivity index (χ2v) is 12.4. The summed E-state index contributed by atoms with van der Waals surface area (Å²) in [6.07, 6.45) is 20.2. The molecule has 0 amide bonds. The standard InChI is InChI=1S/C30H47O3S/c1-3-4-5-18-33-28-16-10-23(11-17-28)26-19-29(24-8-6-22(21-31)7-9-24)34-30(20-26)25-12-14-27(32-2)15-13-25/h19-25,27-28H,3-18H2,1-2H3/q+1. The third kappa shape index (κ3) is 7.11. The summed E-state index contributed by atoms with van der Waals surface area (Å²) in [6, 6.07) is 5.17. The number of aldehydes is 1. The molecule has 0 N–H and O–H groups in total. The molecule has 190 valence electrons. The molecular weight excluding hydrogens is 440 g/mol. The van der Waals surface area contributed by atoms with Crippen LogP contribution < -0.4 is 0 Å². The first-order valence-electron chi connectivity index (χ1n) is 14.3. The largest absolute Gasteiger partial charge is 0.381 e. The van der Waals surface area contributed by atoms with Crippen molar-refractivity contribution in [2.24, 2.45) is 5.92 Å². The highest BCUT2D eigenvalue weighted by Crippen LogP contribution is 2.45. The first-order valence-corrected chi connectivity index (χ1v) is 15.1. The molecule has 4 heteroatoms. The van der Waals surface area contributed by atoms with Gasteiger partial charge < -0.3 is 14.3 Å². The third-order valence-corrected chi connectivity index (χ3v) is 10.3. The molecule has 3 fully saturated rings. The molecule has 0 unspecified atom stereocenters. The minimum Gasteiger partial charge on any atom is -0.381 e. The average Bonchev–Trinajstić information content (AvgIpc) is 2.91. The van der Waals surface area contributed by atoms with Crippen molar-refractivity contribution in [3.05, 3.63) is 27.5 Å². The van der Waals surface area contributed by atoms with Crippen LogP contribution in [0.15, 0.2) is 12.1 Å². The number of carbonyl (C=O) groups is 1. The van der Waals surface area contributed by atoms with Gasteiger partial charge in [0.1, 0.15) is 6.29 Å². The molecule has 3 saturated carbocycles. The number of hydrogen-bond acceptors (Lipinski definition) is 3. The minimum absolute atomic E-state index is 0.292. The summed E-state index contributed by atoms with van der Waals surface area (Å²) in [6.45, 7) is 3.20. The quantitative estimate of drug-likeness (QED) is 0.189. The van der Waals surface area contributed by atoms with Gasteiger partial charge in [-0.1, -0.05) is 19.8 Å². The Labute approximate surface area is 212 Å². The van der Waals surface area contributed by atoms with Gasteiger partial charge in [-0.3, -0.25) is 0 Å². The SMILES string of the molecule is CCCCCOC1CCC(c2cc(C3CCC(C=O)CC3)[s+]c(C3CCC(OC)CC3)c2)CC1. The van der Waals surface area contributed by atoms with Crippen LogP contribution in [0, 0.1) is 5.92 Å². The Balaban J connectivity index is 1.45. The monoisotopic (exact) mass is 487 g/mol. The fraction of sp³-hybridized carbons (Fsp3) is 0.800. The smallest absolute Gasteiger partial charge is 0.219 e. The van der Waals surface area contributed by atoms with Crippen LogP contribution in [0.4, 0.5) is 0 Å². The summed E-state index contributed by atoms with van der Waals surface area (Å²) in [7, 11) is 1.87. The Morgan fingerprint density at radius 3 is 1.91 bits per heavy atom. The zero-order valence-corrected chi connectivity index (χ0v) is 22.5. The van der Waals surface area contributed by atoms with Gasteiger partial charge in [0.05, 0.1) is 12.2 Å². The Hall–Kier alpha value is -0.840. The van der Waals surface area contributed by atoms with E-state index in [2.05, 4.69) is 30.4 Å². The molecule has 3 aliphatic carbocycles. The van der Waals surface area contributed by atoms with Gasteiger partial charge in [0.15, 0.2) is 0 Å². The number of methoxy groups -OCH3 is 1. The van der Waals surface area contributed by atoms with Gasteiger partial charge in [0.2, 0.25) is 21.1 Å². The zero-order chi connectivity index (χ0) is 23.8. The summed E-state index contributed by atoms with van der Waals surface area (Å²) in [5, 5.41) is 0. The van der Waals surface area contributed by atoms with E-state index in [1.807, 2.05) is 7.11 Å². The van der Waals surface area contributed by atoms with Crippen LogP contribution in [0.5, 0.6) is 0 Å². The van der Waals surface area contributed by atoms with Gasteiger partial charge in [-0.2, -0.15) is 0 Å². The van der Waals surface area contributed by atoms with Crippen LogP contribution in [0.3, 0.4) is 0 Å². The van der Waals surface area contributed by atoms with E-state index in [1.54, 1.807) is 15.3 Å². The van der Waals surface area contributed by atoms with Crippen molar-refractivity contribution < 1.29 is 14.3 Å². The highest BCUT2D eigenvalue weighted by molar-refractivity contribution is 7.11. The zero-order valence-electron chi connectivity index (χ0n) is 21.6. The first-order chi connectivity index (χ1) is 16.7. The Kier molecular flexibility index (Phi) is 10.4. The van der Waals surface area contributed by atoms with E-state index in [-0.39, 0.29) is 0 Å². The van der Waals surface area contributed by atoms with Crippen molar-refractivity contribution in [1.29, 1.82) is 0 Å². The summed E-state index contributed by atoms with van der Waals surface area (Å²) >= 11 is 2.09. The molecule has 1 heterocycles. The summed E-state index contributed by atoms with van der Waals surface area (Å²) < 4.78 is 11.9. The number of hydrogen-bond donors (Lipinski definition) is 0. The first kappa shape index (κ1) is 26.2. The normalized spacial score (nSPS) is 32.4. The van der Waals surface area contributed by atoms with Crippen molar-refractivity contribution >= 4 is 17.6 Å². The molecule has 0 aromatic carbocycles. The van der Waals surface area contributed by atoms with Crippen LogP contribution in [0.2, 0.25) is 0 Å². The second-order valence-electron chi connectivity index (χ2n) is 11.2. The van der Waals surface area contributed by atoms with E-state index < -0.39 is 0 Å². The highest BCUT2D eigenvalue weighted by Gasteiger charge is 2.34. The molecule has 0 bridgehead atoms. The van der Waals surface area contributed by atoms with Crippen LogP contribution in [-0.4, -0.2) is 32.2 Å². The molecule has 4 rings (SSSR count). The van der Waals surface area contributed by atoms with Crippen LogP contribution in [0.25, 0.3) is 0 Å². The number of unbranched alkanes of at least 4 members (excludes halogenated alkanes) is 2. The lowest BCUT2D eigenvalue weighted by atomic mass is 9.79.